The van der Waals surface area contributed by atoms with E-state index < -0.39 is 24.5 Å². The minimum absolute atomic E-state index is 0.143. The average molecular weight is 378 g/mol. The first kappa shape index (κ1) is 19.7. The van der Waals surface area contributed by atoms with Crippen LogP contribution in [0, 0.1) is 13.8 Å². The van der Waals surface area contributed by atoms with Gasteiger partial charge in [-0.3, -0.25) is 4.79 Å². The van der Waals surface area contributed by atoms with Gasteiger partial charge in [0.05, 0.1) is 18.2 Å². The van der Waals surface area contributed by atoms with Gasteiger partial charge < -0.3 is 19.8 Å². The van der Waals surface area contributed by atoms with E-state index in [9.17, 15) is 14.4 Å². The molecule has 2 aromatic rings. The van der Waals surface area contributed by atoms with Gasteiger partial charge in [-0.05, 0) is 44.7 Å². The Kier molecular flexibility index (Phi) is 6.57. The third kappa shape index (κ3) is 4.95. The van der Waals surface area contributed by atoms with Gasteiger partial charge in [-0.25, -0.2) is 9.59 Å². The number of carbonyl (C=O) groups excluding carboxylic acids is 3. The number of hydrogen-bond donors (Lipinski definition) is 2. The fraction of sp³-hybridized carbons (Fsp3) is 0.389. The van der Waals surface area contributed by atoms with Gasteiger partial charge in [0.1, 0.15) is 5.69 Å². The number of ether oxygens (including phenoxy) is 2. The zero-order chi connectivity index (χ0) is 19.3. The normalized spacial score (nSPS) is 10.7. The number of rotatable bonds is 7. The van der Waals surface area contributed by atoms with Crippen LogP contribution < -0.4 is 5.32 Å². The van der Waals surface area contributed by atoms with Gasteiger partial charge in [-0.15, -0.1) is 11.3 Å². The molecule has 0 spiro atoms. The van der Waals surface area contributed by atoms with Crippen LogP contribution in [0.3, 0.4) is 0 Å². The van der Waals surface area contributed by atoms with Crippen molar-refractivity contribution in [3.63, 3.8) is 0 Å². The first-order valence-corrected chi connectivity index (χ1v) is 9.04. The van der Waals surface area contributed by atoms with E-state index in [1.807, 2.05) is 17.5 Å². The summed E-state index contributed by atoms with van der Waals surface area (Å²) in [5, 5.41) is 4.59. The fourth-order valence-corrected chi connectivity index (χ4v) is 3.03. The summed E-state index contributed by atoms with van der Waals surface area (Å²) >= 11 is 1.53. The molecule has 0 fully saturated rings. The van der Waals surface area contributed by atoms with Crippen molar-refractivity contribution in [2.75, 3.05) is 6.61 Å². The third-order valence-corrected chi connectivity index (χ3v) is 4.44. The van der Waals surface area contributed by atoms with Crippen LogP contribution in [0.25, 0.3) is 0 Å². The van der Waals surface area contributed by atoms with Gasteiger partial charge in [-0.2, -0.15) is 0 Å². The SMILES string of the molecule is Cc1[nH]c(C(=O)OCC(=O)NCc2cccs2)c(C)c1C(=O)OC(C)C. The summed E-state index contributed by atoms with van der Waals surface area (Å²) in [7, 11) is 0. The van der Waals surface area contributed by atoms with Gasteiger partial charge >= 0.3 is 11.9 Å². The highest BCUT2D eigenvalue weighted by Gasteiger charge is 2.24. The van der Waals surface area contributed by atoms with E-state index >= 15 is 0 Å². The summed E-state index contributed by atoms with van der Waals surface area (Å²) in [6.45, 7) is 6.80. The molecule has 2 rings (SSSR count). The maximum Gasteiger partial charge on any atom is 0.355 e. The van der Waals surface area contributed by atoms with E-state index in [1.54, 1.807) is 27.7 Å². The lowest BCUT2D eigenvalue weighted by atomic mass is 10.1. The average Bonchev–Trinajstić information content (AvgIpc) is 3.17. The summed E-state index contributed by atoms with van der Waals surface area (Å²) in [5.74, 6) is -1.59. The Labute approximate surface area is 155 Å². The second-order valence-electron chi connectivity index (χ2n) is 6.01. The quantitative estimate of drug-likeness (QED) is 0.722. The van der Waals surface area contributed by atoms with Crippen molar-refractivity contribution in [1.82, 2.24) is 10.3 Å². The highest BCUT2D eigenvalue weighted by molar-refractivity contribution is 7.09. The number of carbonyl (C=O) groups is 3. The van der Waals surface area contributed by atoms with Crippen LogP contribution in [0.2, 0.25) is 0 Å². The Hall–Kier alpha value is -2.61. The van der Waals surface area contributed by atoms with Crippen molar-refractivity contribution in [2.24, 2.45) is 0 Å². The predicted octanol–water partition coefficient (Wildman–Crippen LogP) is 2.73. The van der Waals surface area contributed by atoms with Crippen molar-refractivity contribution in [2.45, 2.75) is 40.3 Å². The van der Waals surface area contributed by atoms with Crippen molar-refractivity contribution in [1.29, 1.82) is 0 Å². The smallest absolute Gasteiger partial charge is 0.355 e. The number of aromatic amines is 1. The summed E-state index contributed by atoms with van der Waals surface area (Å²) in [6, 6.07) is 3.80. The van der Waals surface area contributed by atoms with E-state index in [2.05, 4.69) is 10.3 Å². The van der Waals surface area contributed by atoms with Gasteiger partial charge in [0.25, 0.3) is 5.91 Å². The molecule has 0 atom stereocenters. The Bertz CT molecular complexity index is 793. The number of hydrogen-bond acceptors (Lipinski definition) is 6. The largest absolute Gasteiger partial charge is 0.459 e. The second kappa shape index (κ2) is 8.66. The molecule has 0 aliphatic carbocycles. The minimum Gasteiger partial charge on any atom is -0.459 e. The standard InChI is InChI=1S/C18H22N2O5S/c1-10(2)25-17(22)15-11(3)16(20-12(15)4)18(23)24-9-14(21)19-8-13-6-5-7-26-13/h5-7,10,20H,8-9H2,1-4H3,(H,19,21). The number of H-pyrrole nitrogens is 1. The van der Waals surface area contributed by atoms with Crippen LogP contribution in [0.15, 0.2) is 17.5 Å². The molecule has 1 amide bonds. The molecule has 7 nitrogen and oxygen atoms in total. The van der Waals surface area contributed by atoms with E-state index in [1.165, 1.54) is 11.3 Å². The number of thiophene rings is 1. The predicted molar refractivity (Wildman–Crippen MR) is 97.3 cm³/mol. The molecule has 0 aliphatic heterocycles. The molecule has 2 aromatic heterocycles. The number of aryl methyl sites for hydroxylation is 1. The van der Waals surface area contributed by atoms with Crippen LogP contribution in [0.5, 0.6) is 0 Å². The molecule has 0 radical (unpaired) electrons. The monoisotopic (exact) mass is 378 g/mol. The van der Waals surface area contributed by atoms with Crippen molar-refractivity contribution < 1.29 is 23.9 Å². The first-order chi connectivity index (χ1) is 12.3. The maximum atomic E-state index is 12.2. The lowest BCUT2D eigenvalue weighted by Gasteiger charge is -2.08. The lowest BCUT2D eigenvalue weighted by Crippen LogP contribution is -2.28. The van der Waals surface area contributed by atoms with Gasteiger partial charge in [0.2, 0.25) is 0 Å². The van der Waals surface area contributed by atoms with Crippen LogP contribution in [0.1, 0.15) is 50.8 Å². The molecule has 0 aliphatic rings. The van der Waals surface area contributed by atoms with Gasteiger partial charge in [-0.1, -0.05) is 6.07 Å². The molecular weight excluding hydrogens is 356 g/mol. The molecular formula is C18H22N2O5S. The van der Waals surface area contributed by atoms with E-state index in [0.717, 1.165) is 4.88 Å². The van der Waals surface area contributed by atoms with Gasteiger partial charge in [0, 0.05) is 10.6 Å². The number of amides is 1. The Balaban J connectivity index is 1.95. The van der Waals surface area contributed by atoms with E-state index in [0.29, 0.717) is 23.4 Å². The summed E-state index contributed by atoms with van der Waals surface area (Å²) in [5.41, 5.74) is 1.41. The number of nitrogens with one attached hydrogen (secondary N) is 2. The summed E-state index contributed by atoms with van der Waals surface area (Å²) in [4.78, 5) is 40.0. The van der Waals surface area contributed by atoms with Crippen LogP contribution >= 0.6 is 11.3 Å². The number of esters is 2. The molecule has 0 saturated carbocycles. The molecule has 140 valence electrons. The molecule has 26 heavy (non-hydrogen) atoms. The molecule has 0 aromatic carbocycles. The Morgan fingerprint density at radius 2 is 1.96 bits per heavy atom. The summed E-state index contributed by atoms with van der Waals surface area (Å²) < 4.78 is 10.2. The molecule has 0 saturated heterocycles. The number of aromatic nitrogens is 1. The van der Waals surface area contributed by atoms with Gasteiger partial charge in [0.15, 0.2) is 6.61 Å². The summed E-state index contributed by atoms with van der Waals surface area (Å²) in [6.07, 6.45) is -0.265. The first-order valence-electron chi connectivity index (χ1n) is 8.16. The van der Waals surface area contributed by atoms with E-state index in [4.69, 9.17) is 9.47 Å². The zero-order valence-corrected chi connectivity index (χ0v) is 16.0. The third-order valence-electron chi connectivity index (χ3n) is 3.56. The highest BCUT2D eigenvalue weighted by Crippen LogP contribution is 2.20. The zero-order valence-electron chi connectivity index (χ0n) is 15.2. The molecule has 2 N–H and O–H groups in total. The Morgan fingerprint density at radius 1 is 1.23 bits per heavy atom. The van der Waals surface area contributed by atoms with E-state index in [-0.39, 0.29) is 11.8 Å². The van der Waals surface area contributed by atoms with Crippen molar-refractivity contribution in [3.8, 4) is 0 Å². The van der Waals surface area contributed by atoms with Crippen LogP contribution in [-0.4, -0.2) is 35.5 Å². The highest BCUT2D eigenvalue weighted by atomic mass is 32.1. The molecule has 8 heteroatoms. The molecule has 0 unspecified atom stereocenters. The maximum absolute atomic E-state index is 12.2. The van der Waals surface area contributed by atoms with Crippen molar-refractivity contribution in [3.05, 3.63) is 44.9 Å². The molecule has 0 bridgehead atoms. The second-order valence-corrected chi connectivity index (χ2v) is 7.04. The Morgan fingerprint density at radius 3 is 2.58 bits per heavy atom. The lowest BCUT2D eigenvalue weighted by molar-refractivity contribution is -0.124. The minimum atomic E-state index is -0.694. The van der Waals surface area contributed by atoms with Crippen LogP contribution in [-0.2, 0) is 20.8 Å². The fourth-order valence-electron chi connectivity index (χ4n) is 2.39. The van der Waals surface area contributed by atoms with Crippen LogP contribution in [0.4, 0.5) is 0 Å². The molecule has 2 heterocycles. The topological polar surface area (TPSA) is 97.5 Å². The van der Waals surface area contributed by atoms with Crippen molar-refractivity contribution >= 4 is 29.2 Å².